The van der Waals surface area contributed by atoms with E-state index in [4.69, 9.17) is 0 Å². The molecule has 1 N–H and O–H groups in total. The number of benzene rings is 1. The molecular weight excluding hydrogens is 255 g/mol. The number of fused-ring (bicyclic) bond motifs is 1. The normalized spacial score (nSPS) is 11.9. The highest BCUT2D eigenvalue weighted by atomic mass is 19.4. The van der Waals surface area contributed by atoms with E-state index in [1.807, 2.05) is 5.10 Å². The number of pyridine rings is 1. The van der Waals surface area contributed by atoms with Gasteiger partial charge in [-0.2, -0.15) is 18.3 Å². The summed E-state index contributed by atoms with van der Waals surface area (Å²) in [5, 5.41) is 7.21. The first-order chi connectivity index (χ1) is 9.05. The smallest absolute Gasteiger partial charge is 0.273 e. The molecule has 3 rings (SSSR count). The largest absolute Gasteiger partial charge is 0.433 e. The molecule has 0 bridgehead atoms. The standard InChI is InChI=1S/C13H8F3N3/c14-13(15,16)12-11(7-18-19-12)9-1-2-10-6-17-4-3-8(10)5-9/h1-7H,(H,18,19). The number of hydrogen-bond donors (Lipinski definition) is 1. The second kappa shape index (κ2) is 4.08. The van der Waals surface area contributed by atoms with Crippen LogP contribution in [0.4, 0.5) is 13.2 Å². The highest BCUT2D eigenvalue weighted by Gasteiger charge is 2.35. The summed E-state index contributed by atoms with van der Waals surface area (Å²) in [5.74, 6) is 0. The van der Waals surface area contributed by atoms with Gasteiger partial charge in [-0.3, -0.25) is 10.1 Å². The van der Waals surface area contributed by atoms with Gasteiger partial charge >= 0.3 is 6.18 Å². The van der Waals surface area contributed by atoms with Gasteiger partial charge in [0.15, 0.2) is 0 Å². The van der Waals surface area contributed by atoms with Crippen LogP contribution in [0.2, 0.25) is 0 Å². The fourth-order valence-electron chi connectivity index (χ4n) is 1.97. The lowest BCUT2D eigenvalue weighted by molar-refractivity contribution is -0.140. The van der Waals surface area contributed by atoms with Crippen LogP contribution < -0.4 is 0 Å². The lowest BCUT2D eigenvalue weighted by Crippen LogP contribution is -2.07. The molecule has 0 aliphatic rings. The fraction of sp³-hybridized carbons (Fsp3) is 0.0769. The number of H-pyrrole nitrogens is 1. The van der Waals surface area contributed by atoms with Gasteiger partial charge in [0.2, 0.25) is 0 Å². The summed E-state index contributed by atoms with van der Waals surface area (Å²) in [6, 6.07) is 6.82. The Bertz CT molecular complexity index is 731. The Balaban J connectivity index is 2.17. The Kier molecular flexibility index (Phi) is 2.51. The minimum absolute atomic E-state index is 0.0474. The molecule has 6 heteroatoms. The molecule has 3 aromatic rings. The second-order valence-electron chi connectivity index (χ2n) is 4.09. The van der Waals surface area contributed by atoms with E-state index in [2.05, 4.69) is 10.1 Å². The molecule has 0 amide bonds. The van der Waals surface area contributed by atoms with Crippen LogP contribution >= 0.6 is 0 Å². The quantitative estimate of drug-likeness (QED) is 0.728. The maximum atomic E-state index is 12.8. The van der Waals surface area contributed by atoms with E-state index in [0.717, 1.165) is 10.8 Å². The third kappa shape index (κ3) is 2.05. The zero-order chi connectivity index (χ0) is 13.5. The van der Waals surface area contributed by atoms with Crippen LogP contribution in [0.3, 0.4) is 0 Å². The van der Waals surface area contributed by atoms with Crippen molar-refractivity contribution in [2.24, 2.45) is 0 Å². The Hall–Kier alpha value is -2.37. The Labute approximate surface area is 106 Å². The van der Waals surface area contributed by atoms with Gasteiger partial charge < -0.3 is 0 Å². The zero-order valence-corrected chi connectivity index (χ0v) is 9.57. The highest BCUT2D eigenvalue weighted by Crippen LogP contribution is 2.36. The minimum atomic E-state index is -4.45. The summed E-state index contributed by atoms with van der Waals surface area (Å²) < 4.78 is 38.4. The van der Waals surface area contributed by atoms with Crippen LogP contribution in [0.5, 0.6) is 0 Å². The molecule has 0 spiro atoms. The van der Waals surface area contributed by atoms with E-state index in [-0.39, 0.29) is 5.56 Å². The van der Waals surface area contributed by atoms with Crippen LogP contribution in [-0.4, -0.2) is 15.2 Å². The first-order valence-electron chi connectivity index (χ1n) is 5.50. The average Bonchev–Trinajstić information content (AvgIpc) is 2.87. The van der Waals surface area contributed by atoms with E-state index in [0.29, 0.717) is 5.56 Å². The first-order valence-corrected chi connectivity index (χ1v) is 5.50. The number of halogens is 3. The number of hydrogen-bond acceptors (Lipinski definition) is 2. The molecule has 0 saturated heterocycles. The molecule has 2 heterocycles. The predicted octanol–water partition coefficient (Wildman–Crippen LogP) is 3.64. The van der Waals surface area contributed by atoms with E-state index in [1.165, 1.54) is 6.20 Å². The van der Waals surface area contributed by atoms with Crippen molar-refractivity contribution in [3.63, 3.8) is 0 Å². The van der Waals surface area contributed by atoms with Crippen molar-refractivity contribution >= 4 is 10.8 Å². The Morgan fingerprint density at radius 3 is 2.63 bits per heavy atom. The van der Waals surface area contributed by atoms with Gasteiger partial charge in [-0.15, -0.1) is 0 Å². The SMILES string of the molecule is FC(F)(F)c1[nH]ncc1-c1ccc2cnccc2c1. The topological polar surface area (TPSA) is 41.6 Å². The van der Waals surface area contributed by atoms with E-state index in [1.54, 1.807) is 36.7 Å². The number of aromatic amines is 1. The number of nitrogens with zero attached hydrogens (tertiary/aromatic N) is 2. The number of nitrogens with one attached hydrogen (secondary N) is 1. The van der Waals surface area contributed by atoms with Crippen LogP contribution in [0.1, 0.15) is 5.69 Å². The van der Waals surface area contributed by atoms with E-state index in [9.17, 15) is 13.2 Å². The summed E-state index contributed by atoms with van der Waals surface area (Å²) in [4.78, 5) is 3.96. The van der Waals surface area contributed by atoms with Crippen molar-refractivity contribution < 1.29 is 13.2 Å². The molecule has 1 aromatic carbocycles. The summed E-state index contributed by atoms with van der Waals surface area (Å²) in [7, 11) is 0. The van der Waals surface area contributed by atoms with Crippen LogP contribution in [0.15, 0.2) is 42.9 Å². The van der Waals surface area contributed by atoms with Crippen molar-refractivity contribution in [2.75, 3.05) is 0 Å². The fourth-order valence-corrected chi connectivity index (χ4v) is 1.97. The van der Waals surface area contributed by atoms with Gasteiger partial charge in [-0.1, -0.05) is 12.1 Å². The molecule has 96 valence electrons. The maximum Gasteiger partial charge on any atom is 0.433 e. The maximum absolute atomic E-state index is 12.8. The summed E-state index contributed by atoms with van der Waals surface area (Å²) in [5.41, 5.74) is -0.313. The van der Waals surface area contributed by atoms with Crippen LogP contribution in [-0.2, 0) is 6.18 Å². The molecule has 0 fully saturated rings. The highest BCUT2D eigenvalue weighted by molar-refractivity contribution is 5.86. The van der Waals surface area contributed by atoms with Gasteiger partial charge in [-0.25, -0.2) is 0 Å². The lowest BCUT2D eigenvalue weighted by atomic mass is 10.0. The van der Waals surface area contributed by atoms with Crippen molar-refractivity contribution in [3.05, 3.63) is 48.5 Å². The number of rotatable bonds is 1. The monoisotopic (exact) mass is 263 g/mol. The van der Waals surface area contributed by atoms with Crippen LogP contribution in [0.25, 0.3) is 21.9 Å². The molecule has 2 aromatic heterocycles. The predicted molar refractivity (Wildman–Crippen MR) is 64.3 cm³/mol. The molecule has 0 saturated carbocycles. The molecule has 19 heavy (non-hydrogen) atoms. The first kappa shape index (κ1) is 11.7. The molecule has 0 aliphatic carbocycles. The minimum Gasteiger partial charge on any atom is -0.273 e. The van der Waals surface area contributed by atoms with Gasteiger partial charge in [0.25, 0.3) is 0 Å². The molecule has 0 radical (unpaired) electrons. The van der Waals surface area contributed by atoms with Crippen molar-refractivity contribution in [3.8, 4) is 11.1 Å². The third-order valence-electron chi connectivity index (χ3n) is 2.87. The van der Waals surface area contributed by atoms with E-state index >= 15 is 0 Å². The Morgan fingerprint density at radius 2 is 1.84 bits per heavy atom. The van der Waals surface area contributed by atoms with Crippen molar-refractivity contribution in [1.29, 1.82) is 0 Å². The van der Waals surface area contributed by atoms with Crippen molar-refractivity contribution in [2.45, 2.75) is 6.18 Å². The zero-order valence-electron chi connectivity index (χ0n) is 9.57. The molecule has 0 aliphatic heterocycles. The molecular formula is C13H8F3N3. The molecule has 0 unspecified atom stereocenters. The third-order valence-corrected chi connectivity index (χ3v) is 2.87. The average molecular weight is 263 g/mol. The Morgan fingerprint density at radius 1 is 1.00 bits per heavy atom. The second-order valence-corrected chi connectivity index (χ2v) is 4.09. The van der Waals surface area contributed by atoms with Crippen molar-refractivity contribution in [1.82, 2.24) is 15.2 Å². The van der Waals surface area contributed by atoms with Gasteiger partial charge in [0.05, 0.1) is 6.20 Å². The summed E-state index contributed by atoms with van der Waals surface area (Å²) in [6.07, 6.45) is 0.00944. The van der Waals surface area contributed by atoms with Gasteiger partial charge in [0.1, 0.15) is 5.69 Å². The van der Waals surface area contributed by atoms with Crippen LogP contribution in [0, 0.1) is 0 Å². The summed E-state index contributed by atoms with van der Waals surface area (Å²) >= 11 is 0. The van der Waals surface area contributed by atoms with Gasteiger partial charge in [0, 0.05) is 23.3 Å². The number of alkyl halides is 3. The molecule has 0 atom stereocenters. The van der Waals surface area contributed by atoms with E-state index < -0.39 is 11.9 Å². The number of aromatic nitrogens is 3. The molecule has 3 nitrogen and oxygen atoms in total. The summed E-state index contributed by atoms with van der Waals surface area (Å²) in [6.45, 7) is 0. The van der Waals surface area contributed by atoms with Gasteiger partial charge in [-0.05, 0) is 23.1 Å². The lowest BCUT2D eigenvalue weighted by Gasteiger charge is -2.07.